The summed E-state index contributed by atoms with van der Waals surface area (Å²) in [6, 6.07) is 40.8. The van der Waals surface area contributed by atoms with Crippen molar-refractivity contribution >= 4 is 24.8 Å². The number of aliphatic hydroxyl groups is 1. The third-order valence-corrected chi connectivity index (χ3v) is 5.80. The van der Waals surface area contributed by atoms with Gasteiger partial charge in [-0.05, 0) is 22.3 Å². The molecule has 0 aliphatic heterocycles. The van der Waals surface area contributed by atoms with Gasteiger partial charge in [-0.3, -0.25) is 6.08 Å². The molecule has 210 valence electrons. The van der Waals surface area contributed by atoms with E-state index in [0.717, 1.165) is 28.7 Å². The second kappa shape index (κ2) is 22.4. The molecule has 0 spiro atoms. The minimum absolute atomic E-state index is 0. The summed E-state index contributed by atoms with van der Waals surface area (Å²) in [4.78, 5) is 0. The summed E-state index contributed by atoms with van der Waals surface area (Å²) >= 11 is 0. The quantitative estimate of drug-likeness (QED) is 0.138. The average Bonchev–Trinajstić information content (AvgIpc) is 3.48. The van der Waals surface area contributed by atoms with Crippen molar-refractivity contribution in [3.8, 4) is 0 Å². The maximum absolute atomic E-state index is 11.8. The fourth-order valence-electron chi connectivity index (χ4n) is 4.30. The van der Waals surface area contributed by atoms with E-state index in [1.807, 2.05) is 97.1 Å². The Bertz CT molecular complexity index is 1040. The van der Waals surface area contributed by atoms with Gasteiger partial charge in [0.25, 0.3) is 0 Å². The van der Waals surface area contributed by atoms with Crippen molar-refractivity contribution in [3.05, 3.63) is 198 Å². The van der Waals surface area contributed by atoms with Gasteiger partial charge in [0.05, 0.1) is 11.5 Å². The summed E-state index contributed by atoms with van der Waals surface area (Å²) in [6.07, 6.45) is 9.27. The molecule has 1 nitrogen and oxygen atoms in total. The van der Waals surface area contributed by atoms with Crippen LogP contribution in [0.1, 0.15) is 34.8 Å². The summed E-state index contributed by atoms with van der Waals surface area (Å²) in [7, 11) is 0. The van der Waals surface area contributed by atoms with Crippen LogP contribution in [0.4, 0.5) is 0 Å². The van der Waals surface area contributed by atoms with Gasteiger partial charge in [-0.25, -0.2) is 12.2 Å². The van der Waals surface area contributed by atoms with Gasteiger partial charge in [0.2, 0.25) is 0 Å². The summed E-state index contributed by atoms with van der Waals surface area (Å²) in [5, 5.41) is 11.8. The van der Waals surface area contributed by atoms with Crippen molar-refractivity contribution in [3.63, 3.8) is 0 Å². The van der Waals surface area contributed by atoms with Gasteiger partial charge in [0, 0.05) is 21.7 Å². The Hall–Kier alpha value is -2.39. The predicted molar refractivity (Wildman–Crippen MR) is 172 cm³/mol. The van der Waals surface area contributed by atoms with Crippen molar-refractivity contribution < 1.29 is 26.8 Å². The van der Waals surface area contributed by atoms with Gasteiger partial charge in [-0.15, -0.1) is 31.2 Å². The first-order valence-electron chi connectivity index (χ1n) is 10.9. The van der Waals surface area contributed by atoms with Crippen LogP contribution >= 0.6 is 24.8 Å². The molecule has 5 rings (SSSR count). The molecular formula is C35H41Cl2OTi-5. The number of rotatable bonds is 5. The molecule has 4 aromatic rings. The van der Waals surface area contributed by atoms with Crippen LogP contribution in [0.25, 0.3) is 0 Å². The zero-order chi connectivity index (χ0) is 22.1. The number of aliphatic hydroxyl groups excluding tert-OH is 1. The Morgan fingerprint density at radius 1 is 0.564 bits per heavy atom. The first kappa shape index (κ1) is 43.7. The van der Waals surface area contributed by atoms with E-state index >= 15 is 0 Å². The fourth-order valence-corrected chi connectivity index (χ4v) is 4.30. The Labute approximate surface area is 265 Å². The number of hydrogen-bond donors (Lipinski definition) is 1. The molecule has 39 heavy (non-hydrogen) atoms. The molecule has 0 saturated heterocycles. The first-order valence-corrected chi connectivity index (χ1v) is 10.9. The van der Waals surface area contributed by atoms with E-state index in [9.17, 15) is 5.11 Å². The number of halogens is 2. The largest absolute Gasteiger partial charge is 0.387 e. The van der Waals surface area contributed by atoms with Crippen LogP contribution in [0.3, 0.4) is 0 Å². The van der Waals surface area contributed by atoms with E-state index in [0.29, 0.717) is 0 Å². The molecule has 1 atom stereocenters. The van der Waals surface area contributed by atoms with Gasteiger partial charge >= 0.3 is 0 Å². The fraction of sp³-hybridized carbons (Fsp3) is 0.0857. The van der Waals surface area contributed by atoms with Crippen molar-refractivity contribution in [2.24, 2.45) is 0 Å². The predicted octanol–water partition coefficient (Wildman–Crippen LogP) is 9.70. The molecule has 0 bridgehead atoms. The van der Waals surface area contributed by atoms with E-state index in [1.165, 1.54) is 0 Å². The molecule has 0 fully saturated rings. The van der Waals surface area contributed by atoms with E-state index in [1.54, 1.807) is 0 Å². The Kier molecular flexibility index (Phi) is 25.1. The van der Waals surface area contributed by atoms with Gasteiger partial charge in [-0.1, -0.05) is 121 Å². The Morgan fingerprint density at radius 3 is 1.15 bits per heavy atom. The molecular weight excluding hydrogens is 555 g/mol. The molecule has 1 aliphatic rings. The number of allylic oxidation sites excluding steroid dienone is 4. The molecule has 0 amide bonds. The molecule has 0 aromatic heterocycles. The average molecular weight is 596 g/mol. The van der Waals surface area contributed by atoms with Crippen molar-refractivity contribution in [1.29, 1.82) is 0 Å². The van der Waals surface area contributed by atoms with Gasteiger partial charge in [-0.2, -0.15) is 6.08 Å². The van der Waals surface area contributed by atoms with Crippen LogP contribution in [0.2, 0.25) is 0 Å². The molecule has 1 unspecified atom stereocenters. The summed E-state index contributed by atoms with van der Waals surface area (Å²) < 4.78 is 0. The zero-order valence-electron chi connectivity index (χ0n) is 23.3. The normalized spacial score (nSPS) is 10.9. The molecule has 1 aliphatic carbocycles. The molecule has 1 N–H and O–H groups in total. The van der Waals surface area contributed by atoms with Crippen LogP contribution in [-0.4, -0.2) is 5.11 Å². The number of benzene rings is 4. The second-order valence-electron chi connectivity index (χ2n) is 7.72. The smallest absolute Gasteiger partial charge is 0.0968 e. The van der Waals surface area contributed by atoms with Crippen molar-refractivity contribution in [2.45, 2.75) is 17.9 Å². The van der Waals surface area contributed by atoms with Gasteiger partial charge in [0.1, 0.15) is 0 Å². The third kappa shape index (κ3) is 10.3. The standard InChI is InChI=1S/C26H22O.C5H5.4CH3.2ClH.Ti/c27-25(21-13-5-1-6-14-21)26(22-15-7-2-8-16-22,23-17-9-3-10-18-23)24-19-11-4-12-20-24;1-2-4-5-3-1;;;;;;;/h1-20,25,27H;1-3H,4H2;4*1H3;2*1H;/q;5*-1;;;. The van der Waals surface area contributed by atoms with Crippen LogP contribution in [0.15, 0.2) is 140 Å². The molecule has 0 heterocycles. The van der Waals surface area contributed by atoms with Crippen molar-refractivity contribution in [2.75, 3.05) is 0 Å². The summed E-state index contributed by atoms with van der Waals surface area (Å²) in [6.45, 7) is 0. The van der Waals surface area contributed by atoms with E-state index in [4.69, 9.17) is 0 Å². The Balaban J connectivity index is -0.000000463. The molecule has 4 aromatic carbocycles. The summed E-state index contributed by atoms with van der Waals surface area (Å²) in [5.74, 6) is 0. The first-order chi connectivity index (χ1) is 15.8. The van der Waals surface area contributed by atoms with Gasteiger partial charge in [0.15, 0.2) is 0 Å². The Morgan fingerprint density at radius 2 is 0.897 bits per heavy atom. The molecule has 4 heteroatoms. The van der Waals surface area contributed by atoms with E-state index < -0.39 is 11.5 Å². The van der Waals surface area contributed by atoms with Crippen LogP contribution in [0, 0.1) is 35.8 Å². The zero-order valence-corrected chi connectivity index (χ0v) is 26.5. The van der Waals surface area contributed by atoms with Crippen LogP contribution in [0.5, 0.6) is 0 Å². The van der Waals surface area contributed by atoms with Crippen LogP contribution in [-0.2, 0) is 27.1 Å². The van der Waals surface area contributed by atoms with Crippen LogP contribution < -0.4 is 0 Å². The minimum Gasteiger partial charge on any atom is -0.387 e. The van der Waals surface area contributed by atoms with Crippen molar-refractivity contribution in [1.82, 2.24) is 0 Å². The number of hydrogen-bond acceptors (Lipinski definition) is 1. The summed E-state index contributed by atoms with van der Waals surface area (Å²) in [5.41, 5.74) is 3.40. The molecule has 0 saturated carbocycles. The maximum Gasteiger partial charge on any atom is 0.0968 e. The third-order valence-electron chi connectivity index (χ3n) is 5.80. The van der Waals surface area contributed by atoms with Gasteiger partial charge < -0.3 is 34.8 Å². The van der Waals surface area contributed by atoms with E-state index in [-0.39, 0.29) is 76.2 Å². The second-order valence-corrected chi connectivity index (χ2v) is 7.72. The maximum atomic E-state index is 11.8. The van der Waals surface area contributed by atoms with E-state index in [2.05, 4.69) is 48.6 Å². The topological polar surface area (TPSA) is 20.2 Å². The minimum atomic E-state index is -0.731. The monoisotopic (exact) mass is 595 g/mol. The molecule has 0 radical (unpaired) electrons. The SMILES string of the molecule is Cl.Cl.OC(c1ccccc1)C(c1ccccc1)(c1ccccc1)c1ccccc1.[C-]1=CC=CC1.[CH3-].[CH3-].[CH3-].[CH3-].[Ti].